The predicted molar refractivity (Wildman–Crippen MR) is 91.5 cm³/mol. The van der Waals surface area contributed by atoms with Gasteiger partial charge in [-0.1, -0.05) is 26.2 Å². The molecule has 1 heterocycles. The summed E-state index contributed by atoms with van der Waals surface area (Å²) < 4.78 is 28.5. The van der Waals surface area contributed by atoms with Gasteiger partial charge in [0.15, 0.2) is 0 Å². The zero-order chi connectivity index (χ0) is 16.9. The molecule has 0 radical (unpaired) electrons. The average molecular weight is 338 g/mol. The van der Waals surface area contributed by atoms with Crippen LogP contribution in [0.2, 0.25) is 0 Å². The Morgan fingerprint density at radius 1 is 1.17 bits per heavy atom. The Labute approximate surface area is 136 Å². The molecule has 5 nitrogen and oxygen atoms in total. The van der Waals surface area contributed by atoms with E-state index in [0.29, 0.717) is 17.5 Å². The minimum Gasteiger partial charge on any atom is -0.424 e. The number of fused-ring (bicyclic) bond motifs is 1. The number of hydrogen-bond acceptors (Lipinski definition) is 5. The Morgan fingerprint density at radius 2 is 1.96 bits per heavy atom. The molecular weight excluding hydrogens is 315 g/mol. The van der Waals surface area contributed by atoms with Gasteiger partial charge in [-0.25, -0.2) is 9.36 Å². The van der Waals surface area contributed by atoms with Crippen molar-refractivity contribution in [1.82, 2.24) is 0 Å². The first-order valence-corrected chi connectivity index (χ1v) is 9.59. The molecule has 0 bridgehead atoms. The van der Waals surface area contributed by atoms with Gasteiger partial charge in [-0.2, -0.15) is 0 Å². The Balaban J connectivity index is 2.19. The maximum absolute atomic E-state index is 12.6. The zero-order valence-corrected chi connectivity index (χ0v) is 14.7. The van der Waals surface area contributed by atoms with Gasteiger partial charge in [0.1, 0.15) is 11.3 Å². The summed E-state index contributed by atoms with van der Waals surface area (Å²) in [6, 6.07) is 6.53. The lowest BCUT2D eigenvalue weighted by molar-refractivity contribution is 0.320. The van der Waals surface area contributed by atoms with Gasteiger partial charge in [-0.05, 0) is 31.0 Å². The van der Waals surface area contributed by atoms with E-state index in [2.05, 4.69) is 6.92 Å². The third-order valence-electron chi connectivity index (χ3n) is 3.73. The van der Waals surface area contributed by atoms with Gasteiger partial charge in [0.25, 0.3) is 0 Å². The lowest BCUT2D eigenvalue weighted by Crippen LogP contribution is -2.01. The first-order chi connectivity index (χ1) is 11.0. The highest BCUT2D eigenvalue weighted by molar-refractivity contribution is 7.54. The molecule has 0 aliphatic heterocycles. The second-order valence-corrected chi connectivity index (χ2v) is 7.79. The van der Waals surface area contributed by atoms with Crippen molar-refractivity contribution in [3.63, 3.8) is 0 Å². The van der Waals surface area contributed by atoms with E-state index in [1.165, 1.54) is 13.2 Å². The van der Waals surface area contributed by atoms with Gasteiger partial charge in [-0.15, -0.1) is 0 Å². The number of rotatable bonds is 8. The van der Waals surface area contributed by atoms with E-state index in [9.17, 15) is 9.36 Å². The Bertz CT molecular complexity index is 765. The van der Waals surface area contributed by atoms with Crippen molar-refractivity contribution in [2.24, 2.45) is 0 Å². The summed E-state index contributed by atoms with van der Waals surface area (Å²) in [7, 11) is -1.79. The van der Waals surface area contributed by atoms with Crippen LogP contribution in [0.3, 0.4) is 0 Å². The van der Waals surface area contributed by atoms with Crippen molar-refractivity contribution in [3.05, 3.63) is 40.2 Å². The third-order valence-corrected chi connectivity index (χ3v) is 5.64. The van der Waals surface area contributed by atoms with Crippen LogP contribution in [0.5, 0.6) is 5.75 Å². The van der Waals surface area contributed by atoms with Crippen LogP contribution in [-0.2, 0) is 9.09 Å². The summed E-state index contributed by atoms with van der Waals surface area (Å²) in [6.45, 7) is 3.96. The topological polar surface area (TPSA) is 65.7 Å². The van der Waals surface area contributed by atoms with Crippen LogP contribution in [0.15, 0.2) is 33.5 Å². The molecule has 1 atom stereocenters. The number of unbranched alkanes of at least 4 members (excludes halogenated alkanes) is 3. The van der Waals surface area contributed by atoms with E-state index in [1.54, 1.807) is 18.2 Å². The van der Waals surface area contributed by atoms with Crippen LogP contribution in [0.4, 0.5) is 0 Å². The van der Waals surface area contributed by atoms with Crippen molar-refractivity contribution >= 4 is 18.6 Å². The van der Waals surface area contributed by atoms with Crippen LogP contribution < -0.4 is 10.1 Å². The van der Waals surface area contributed by atoms with Crippen LogP contribution in [-0.4, -0.2) is 13.3 Å². The minimum absolute atomic E-state index is 0.374. The summed E-state index contributed by atoms with van der Waals surface area (Å²) in [5.41, 5.74) is 0.833. The smallest absolute Gasteiger partial charge is 0.378 e. The zero-order valence-electron chi connectivity index (χ0n) is 13.8. The van der Waals surface area contributed by atoms with Crippen molar-refractivity contribution in [3.8, 4) is 5.75 Å². The van der Waals surface area contributed by atoms with Gasteiger partial charge in [0.05, 0.1) is 6.16 Å². The van der Waals surface area contributed by atoms with E-state index in [4.69, 9.17) is 13.5 Å². The minimum atomic E-state index is -3.18. The highest BCUT2D eigenvalue weighted by Crippen LogP contribution is 2.48. The Morgan fingerprint density at radius 3 is 2.65 bits per heavy atom. The van der Waals surface area contributed by atoms with Gasteiger partial charge >= 0.3 is 13.2 Å². The highest BCUT2D eigenvalue weighted by atomic mass is 31.2. The first kappa shape index (κ1) is 17.8. The second kappa shape index (κ2) is 7.80. The normalized spacial score (nSPS) is 13.9. The first-order valence-electron chi connectivity index (χ1n) is 7.86. The molecule has 1 aromatic carbocycles. The van der Waals surface area contributed by atoms with E-state index in [0.717, 1.165) is 36.6 Å². The summed E-state index contributed by atoms with van der Waals surface area (Å²) in [6.07, 6.45) is 4.38. The SMILES string of the molecule is CCCCCCP(=O)(OC)Oc1ccc2c(C)cc(=O)oc2c1. The van der Waals surface area contributed by atoms with Crippen LogP contribution in [0.1, 0.15) is 38.2 Å². The number of aryl methyl sites for hydroxylation is 1. The Kier molecular flexibility index (Phi) is 6.03. The molecule has 0 N–H and O–H groups in total. The van der Waals surface area contributed by atoms with Gasteiger partial charge in [0, 0.05) is 24.6 Å². The van der Waals surface area contributed by atoms with E-state index in [-0.39, 0.29) is 0 Å². The predicted octanol–water partition coefficient (Wildman–Crippen LogP) is 4.90. The van der Waals surface area contributed by atoms with E-state index in [1.807, 2.05) is 6.92 Å². The molecular formula is C17H23O5P. The molecule has 6 heteroatoms. The molecule has 2 rings (SSSR count). The van der Waals surface area contributed by atoms with Crippen LogP contribution >= 0.6 is 7.60 Å². The quantitative estimate of drug-likeness (QED) is 0.389. The molecule has 0 amide bonds. The number of hydrogen-bond donors (Lipinski definition) is 0. The van der Waals surface area contributed by atoms with Gasteiger partial charge in [0.2, 0.25) is 0 Å². The van der Waals surface area contributed by atoms with E-state index < -0.39 is 13.2 Å². The lowest BCUT2D eigenvalue weighted by Gasteiger charge is -2.17. The van der Waals surface area contributed by atoms with Crippen LogP contribution in [0, 0.1) is 6.92 Å². The molecule has 23 heavy (non-hydrogen) atoms. The summed E-state index contributed by atoms with van der Waals surface area (Å²) in [4.78, 5) is 11.5. The molecule has 0 spiro atoms. The standard InChI is InChI=1S/C17H23O5P/c1-4-5-6-7-10-23(19,20-3)22-14-8-9-15-13(2)11-17(18)21-16(15)12-14/h8-9,11-12H,4-7,10H2,1-3H3. The van der Waals surface area contributed by atoms with Crippen molar-refractivity contribution < 1.29 is 18.0 Å². The molecule has 0 aliphatic rings. The monoisotopic (exact) mass is 338 g/mol. The molecule has 0 saturated heterocycles. The van der Waals surface area contributed by atoms with Crippen molar-refractivity contribution in [2.75, 3.05) is 13.3 Å². The molecule has 126 valence electrons. The fourth-order valence-electron chi connectivity index (χ4n) is 2.43. The van der Waals surface area contributed by atoms with Crippen molar-refractivity contribution in [2.45, 2.75) is 39.5 Å². The molecule has 1 aromatic heterocycles. The maximum atomic E-state index is 12.6. The van der Waals surface area contributed by atoms with E-state index >= 15 is 0 Å². The lowest BCUT2D eigenvalue weighted by atomic mass is 10.1. The van der Waals surface area contributed by atoms with Crippen LogP contribution in [0.25, 0.3) is 11.0 Å². The fourth-order valence-corrected chi connectivity index (χ4v) is 3.82. The van der Waals surface area contributed by atoms with Gasteiger partial charge < -0.3 is 13.5 Å². The summed E-state index contributed by atoms with van der Waals surface area (Å²) in [5.74, 6) is 0.381. The van der Waals surface area contributed by atoms with Gasteiger partial charge in [-0.3, -0.25) is 0 Å². The molecule has 1 unspecified atom stereocenters. The van der Waals surface area contributed by atoms with Crippen molar-refractivity contribution in [1.29, 1.82) is 0 Å². The second-order valence-electron chi connectivity index (χ2n) is 5.58. The molecule has 2 aromatic rings. The summed E-state index contributed by atoms with van der Waals surface area (Å²) in [5, 5.41) is 0.826. The fraction of sp³-hybridized carbons (Fsp3) is 0.471. The largest absolute Gasteiger partial charge is 0.424 e. The Hall–Kier alpha value is -1.58. The summed E-state index contributed by atoms with van der Waals surface area (Å²) >= 11 is 0. The maximum Gasteiger partial charge on any atom is 0.378 e. The molecule has 0 fully saturated rings. The molecule has 0 aliphatic carbocycles. The molecule has 0 saturated carbocycles. The third kappa shape index (κ3) is 4.69. The average Bonchev–Trinajstić information content (AvgIpc) is 2.51. The highest BCUT2D eigenvalue weighted by Gasteiger charge is 2.24. The number of benzene rings is 1.